The van der Waals surface area contributed by atoms with Crippen molar-refractivity contribution in [1.82, 2.24) is 10.3 Å². The van der Waals surface area contributed by atoms with E-state index in [4.69, 9.17) is 20.3 Å². The van der Waals surface area contributed by atoms with Crippen LogP contribution in [0.25, 0.3) is 5.57 Å². The van der Waals surface area contributed by atoms with E-state index in [2.05, 4.69) is 20.6 Å². The number of thiazole rings is 1. The van der Waals surface area contributed by atoms with E-state index in [1.165, 1.54) is 11.3 Å². The van der Waals surface area contributed by atoms with Crippen LogP contribution in [0.15, 0.2) is 65.7 Å². The first kappa shape index (κ1) is 23.6. The monoisotopic (exact) mass is 500 g/mol. The standard InChI is InChI=1S/C26H24N6O3S/c1-15-29-21(22(36-15)17-11-13-34-14-12-17)23(27)35-26(28)32-24-25(33)30-19-10-6-5-9-18(19)20(31-24)16-7-3-2-4-8-16/h2-11,24,27H,12-14H2,1H3,(H2,28,32)(H,30,33). The molecular weight excluding hydrogens is 476 g/mol. The molecule has 0 saturated carbocycles. The van der Waals surface area contributed by atoms with Gasteiger partial charge in [0.25, 0.3) is 11.9 Å². The van der Waals surface area contributed by atoms with Crippen LogP contribution >= 0.6 is 11.3 Å². The number of carbonyl (C=O) groups excluding carboxylic acids is 1. The van der Waals surface area contributed by atoms with Crippen LogP contribution in [0.2, 0.25) is 0 Å². The van der Waals surface area contributed by atoms with E-state index in [1.807, 2.05) is 67.6 Å². The van der Waals surface area contributed by atoms with Gasteiger partial charge < -0.3 is 20.1 Å². The second-order valence-corrected chi connectivity index (χ2v) is 9.35. The number of benzene rings is 2. The van der Waals surface area contributed by atoms with Gasteiger partial charge in [-0.15, -0.1) is 11.3 Å². The van der Waals surface area contributed by atoms with Gasteiger partial charge in [0, 0.05) is 11.1 Å². The van der Waals surface area contributed by atoms with Gasteiger partial charge in [0.15, 0.2) is 0 Å². The quantitative estimate of drug-likeness (QED) is 0.318. The van der Waals surface area contributed by atoms with E-state index >= 15 is 0 Å². The lowest BCUT2D eigenvalue weighted by Crippen LogP contribution is -2.43. The van der Waals surface area contributed by atoms with Crippen molar-refractivity contribution in [2.24, 2.45) is 4.99 Å². The molecule has 0 saturated heterocycles. The third kappa shape index (κ3) is 4.95. The number of rotatable bonds is 4. The molecular formula is C26H24N6O3S. The molecule has 1 atom stereocenters. The zero-order valence-corrected chi connectivity index (χ0v) is 20.3. The first-order valence-electron chi connectivity index (χ1n) is 11.4. The largest absolute Gasteiger partial charge is 0.405 e. The molecule has 0 fully saturated rings. The number of aromatic nitrogens is 1. The van der Waals surface area contributed by atoms with Gasteiger partial charge in [-0.25, -0.2) is 9.98 Å². The molecule has 0 spiro atoms. The molecule has 2 aliphatic rings. The molecule has 1 amide bonds. The van der Waals surface area contributed by atoms with Gasteiger partial charge in [0.05, 0.1) is 34.5 Å². The van der Waals surface area contributed by atoms with Crippen LogP contribution < -0.4 is 10.6 Å². The number of para-hydroxylation sites is 1. The molecule has 1 aromatic heterocycles. The normalized spacial score (nSPS) is 17.1. The number of nitrogens with one attached hydrogen (secondary N) is 4. The average Bonchev–Trinajstić information content (AvgIpc) is 3.23. The fraction of sp³-hybridized carbons (Fsp3) is 0.192. The Kier molecular flexibility index (Phi) is 6.70. The molecule has 2 aromatic carbocycles. The highest BCUT2D eigenvalue weighted by Crippen LogP contribution is 2.30. The van der Waals surface area contributed by atoms with Crippen LogP contribution in [-0.2, 0) is 14.3 Å². The zero-order valence-electron chi connectivity index (χ0n) is 19.5. The summed E-state index contributed by atoms with van der Waals surface area (Å²) in [6.07, 6.45) is 1.56. The van der Waals surface area contributed by atoms with Gasteiger partial charge in [-0.2, -0.15) is 0 Å². The minimum atomic E-state index is -1.14. The number of nitrogens with zero attached hydrogens (tertiary/aromatic N) is 2. The van der Waals surface area contributed by atoms with Crippen molar-refractivity contribution in [3.8, 4) is 0 Å². The summed E-state index contributed by atoms with van der Waals surface area (Å²) in [5.41, 5.74) is 4.25. The van der Waals surface area contributed by atoms with Crippen LogP contribution in [0.5, 0.6) is 0 Å². The van der Waals surface area contributed by atoms with Crippen molar-refractivity contribution in [2.75, 3.05) is 18.5 Å². The Balaban J connectivity index is 1.38. The van der Waals surface area contributed by atoms with Crippen molar-refractivity contribution in [2.45, 2.75) is 19.5 Å². The fourth-order valence-corrected chi connectivity index (χ4v) is 5.00. The summed E-state index contributed by atoms with van der Waals surface area (Å²) in [4.78, 5) is 22.9. The number of amidine groups is 1. The predicted octanol–water partition coefficient (Wildman–Crippen LogP) is 3.94. The molecule has 1 unspecified atom stereocenters. The summed E-state index contributed by atoms with van der Waals surface area (Å²) in [6.45, 7) is 2.98. The molecule has 0 aliphatic carbocycles. The molecule has 3 aromatic rings. The van der Waals surface area contributed by atoms with E-state index in [0.29, 0.717) is 30.3 Å². The number of aryl methyl sites for hydroxylation is 1. The van der Waals surface area contributed by atoms with Crippen LogP contribution in [0, 0.1) is 17.7 Å². The minimum Gasteiger partial charge on any atom is -0.405 e. The lowest BCUT2D eigenvalue weighted by atomic mass is 10.0. The smallest absolute Gasteiger partial charge is 0.290 e. The highest BCUT2D eigenvalue weighted by atomic mass is 32.1. The van der Waals surface area contributed by atoms with Gasteiger partial charge in [0.1, 0.15) is 5.69 Å². The SMILES string of the molecule is Cc1nc(C(=N)OC(=N)NC2N=C(c3ccccc3)c3ccccc3NC2=O)c(C2=CCOCC2)s1. The Morgan fingerprint density at radius 2 is 1.94 bits per heavy atom. The molecule has 182 valence electrons. The number of amides is 1. The van der Waals surface area contributed by atoms with Crippen LogP contribution in [0.3, 0.4) is 0 Å². The van der Waals surface area contributed by atoms with Crippen molar-refractivity contribution in [1.29, 1.82) is 10.8 Å². The number of carbonyl (C=O) groups is 1. The van der Waals surface area contributed by atoms with Crippen molar-refractivity contribution in [3.05, 3.63) is 87.4 Å². The Morgan fingerprint density at radius 3 is 2.72 bits per heavy atom. The molecule has 36 heavy (non-hydrogen) atoms. The van der Waals surface area contributed by atoms with Gasteiger partial charge in [0.2, 0.25) is 12.1 Å². The second-order valence-electron chi connectivity index (χ2n) is 8.15. The maximum absolute atomic E-state index is 13.0. The maximum atomic E-state index is 13.0. The fourth-order valence-electron chi connectivity index (χ4n) is 4.02. The lowest BCUT2D eigenvalue weighted by molar-refractivity contribution is -0.117. The average molecular weight is 501 g/mol. The number of fused-ring (bicyclic) bond motifs is 1. The summed E-state index contributed by atoms with van der Waals surface area (Å²) in [6, 6.07) is 16.5. The molecule has 3 heterocycles. The van der Waals surface area contributed by atoms with Crippen LogP contribution in [0.4, 0.5) is 5.69 Å². The van der Waals surface area contributed by atoms with Crippen molar-refractivity contribution >= 4 is 46.1 Å². The first-order valence-corrected chi connectivity index (χ1v) is 12.2. The molecule has 4 N–H and O–H groups in total. The third-order valence-corrected chi connectivity index (χ3v) is 6.72. The summed E-state index contributed by atoms with van der Waals surface area (Å²) in [5, 5.41) is 23.2. The molecule has 0 radical (unpaired) electrons. The number of aliphatic imine (C=N–C) groups is 1. The number of hydrogen-bond acceptors (Lipinski definition) is 8. The highest BCUT2D eigenvalue weighted by molar-refractivity contribution is 7.13. The maximum Gasteiger partial charge on any atom is 0.290 e. The van der Waals surface area contributed by atoms with E-state index in [9.17, 15) is 4.79 Å². The number of anilines is 1. The van der Waals surface area contributed by atoms with Gasteiger partial charge in [-0.1, -0.05) is 54.6 Å². The van der Waals surface area contributed by atoms with Crippen molar-refractivity contribution in [3.63, 3.8) is 0 Å². The van der Waals surface area contributed by atoms with Gasteiger partial charge in [-0.3, -0.25) is 15.6 Å². The van der Waals surface area contributed by atoms with E-state index in [1.54, 1.807) is 0 Å². The number of hydrogen-bond donors (Lipinski definition) is 4. The van der Waals surface area contributed by atoms with Crippen molar-refractivity contribution < 1.29 is 14.3 Å². The van der Waals surface area contributed by atoms with E-state index in [0.717, 1.165) is 33.0 Å². The Bertz CT molecular complexity index is 1400. The highest BCUT2D eigenvalue weighted by Gasteiger charge is 2.28. The Labute approximate surface area is 211 Å². The predicted molar refractivity (Wildman–Crippen MR) is 140 cm³/mol. The van der Waals surface area contributed by atoms with Crippen LogP contribution in [0.1, 0.15) is 33.1 Å². The summed E-state index contributed by atoms with van der Waals surface area (Å²) in [7, 11) is 0. The minimum absolute atomic E-state index is 0.274. The van der Waals surface area contributed by atoms with Gasteiger partial charge >= 0.3 is 0 Å². The number of benzodiazepines with no additional fused rings is 1. The molecule has 9 nitrogen and oxygen atoms in total. The summed E-state index contributed by atoms with van der Waals surface area (Å²) in [5.74, 6) is -0.713. The lowest BCUT2D eigenvalue weighted by Gasteiger charge is -2.16. The zero-order chi connectivity index (χ0) is 25.1. The summed E-state index contributed by atoms with van der Waals surface area (Å²) < 4.78 is 10.9. The topological polar surface area (TPSA) is 133 Å². The summed E-state index contributed by atoms with van der Waals surface area (Å²) >= 11 is 1.47. The Hall–Kier alpha value is -4.15. The first-order chi connectivity index (χ1) is 17.5. The number of ether oxygens (including phenoxy) is 2. The molecule has 10 heteroatoms. The third-order valence-electron chi connectivity index (χ3n) is 5.67. The van der Waals surface area contributed by atoms with Gasteiger partial charge in [-0.05, 0) is 25.0 Å². The molecule has 5 rings (SSSR count). The Morgan fingerprint density at radius 1 is 1.17 bits per heavy atom. The molecule has 2 aliphatic heterocycles. The molecule has 0 bridgehead atoms. The van der Waals surface area contributed by atoms with E-state index in [-0.39, 0.29) is 5.90 Å². The van der Waals surface area contributed by atoms with Crippen LogP contribution in [-0.4, -0.2) is 47.9 Å². The van der Waals surface area contributed by atoms with E-state index < -0.39 is 18.1 Å². The second kappa shape index (κ2) is 10.2.